The molecule has 0 saturated carbocycles. The summed E-state index contributed by atoms with van der Waals surface area (Å²) in [6.07, 6.45) is 1.67. The maximum atomic E-state index is 9.42. The quantitative estimate of drug-likeness (QED) is 0.230. The van der Waals surface area contributed by atoms with Crippen molar-refractivity contribution in [1.82, 2.24) is 0 Å². The Balaban J connectivity index is 1.73. The monoisotopic (exact) mass is 494 g/mol. The van der Waals surface area contributed by atoms with E-state index in [2.05, 4.69) is 104 Å². The van der Waals surface area contributed by atoms with Crippen LogP contribution in [-0.4, -0.2) is 0 Å². The third-order valence-corrected chi connectivity index (χ3v) is 7.81. The Kier molecular flexibility index (Phi) is 5.15. The van der Waals surface area contributed by atoms with Crippen molar-refractivity contribution in [2.75, 3.05) is 0 Å². The molecule has 180 valence electrons. The molecule has 0 bridgehead atoms. The Morgan fingerprint density at radius 1 is 0.564 bits per heavy atom. The lowest BCUT2D eigenvalue weighted by Crippen LogP contribution is -1.94. The van der Waals surface area contributed by atoms with E-state index < -0.39 is 0 Å². The number of hydrogen-bond donors (Lipinski definition) is 0. The fraction of sp³-hybridized carbons (Fsp3) is 0.0270. The predicted molar refractivity (Wildman–Crippen MR) is 161 cm³/mol. The highest BCUT2D eigenvalue weighted by Crippen LogP contribution is 2.57. The summed E-state index contributed by atoms with van der Waals surface area (Å²) in [7, 11) is 0. The predicted octanol–water partition coefficient (Wildman–Crippen LogP) is 9.71. The summed E-state index contributed by atoms with van der Waals surface area (Å²) in [4.78, 5) is 0. The fourth-order valence-corrected chi connectivity index (χ4v) is 6.17. The molecule has 1 aliphatic carbocycles. The molecular weight excluding hydrogens is 472 g/mol. The van der Waals surface area contributed by atoms with Gasteiger partial charge in [-0.25, -0.2) is 0 Å². The largest absolute Gasteiger partial charge is 0.192 e. The van der Waals surface area contributed by atoms with Crippen LogP contribution >= 0.6 is 0 Å². The molecule has 2 nitrogen and oxygen atoms in total. The van der Waals surface area contributed by atoms with Gasteiger partial charge in [-0.3, -0.25) is 0 Å². The van der Waals surface area contributed by atoms with Gasteiger partial charge in [0.05, 0.1) is 0 Å². The smallest absolute Gasteiger partial charge is 0.130 e. The van der Waals surface area contributed by atoms with Crippen molar-refractivity contribution >= 4 is 27.6 Å². The molecule has 7 rings (SSSR count). The second kappa shape index (κ2) is 8.84. The normalized spacial score (nSPS) is 11.2. The summed E-state index contributed by atoms with van der Waals surface area (Å²) in [5.74, 6) is 0. The zero-order valence-electron chi connectivity index (χ0n) is 21.4. The van der Waals surface area contributed by atoms with Gasteiger partial charge in [0.2, 0.25) is 0 Å². The number of allylic oxidation sites excluding steroid dienone is 1. The second-order valence-corrected chi connectivity index (χ2v) is 9.98. The number of benzene rings is 6. The lowest BCUT2D eigenvalue weighted by Gasteiger charge is -2.21. The van der Waals surface area contributed by atoms with Crippen molar-refractivity contribution in [3.05, 3.63) is 126 Å². The van der Waals surface area contributed by atoms with Crippen LogP contribution in [0.1, 0.15) is 11.1 Å². The first-order valence-corrected chi connectivity index (χ1v) is 13.0. The van der Waals surface area contributed by atoms with Crippen molar-refractivity contribution in [2.24, 2.45) is 0 Å². The van der Waals surface area contributed by atoms with Crippen LogP contribution < -0.4 is 0 Å². The van der Waals surface area contributed by atoms with Crippen molar-refractivity contribution < 1.29 is 0 Å². The first-order valence-electron chi connectivity index (χ1n) is 13.0. The summed E-state index contributed by atoms with van der Waals surface area (Å²) in [6.45, 7) is 2.18. The molecule has 0 unspecified atom stereocenters. The van der Waals surface area contributed by atoms with E-state index in [4.69, 9.17) is 0 Å². The van der Waals surface area contributed by atoms with E-state index in [1.54, 1.807) is 6.08 Å². The highest BCUT2D eigenvalue weighted by atomic mass is 14.3. The van der Waals surface area contributed by atoms with Gasteiger partial charge in [-0.05, 0) is 96.2 Å². The van der Waals surface area contributed by atoms with E-state index in [1.807, 2.05) is 24.3 Å². The highest BCUT2D eigenvalue weighted by Gasteiger charge is 2.30. The topological polar surface area (TPSA) is 47.6 Å². The Bertz CT molecular complexity index is 2050. The van der Waals surface area contributed by atoms with Gasteiger partial charge in [-0.1, -0.05) is 103 Å². The van der Waals surface area contributed by atoms with Crippen molar-refractivity contribution in [1.29, 1.82) is 10.5 Å². The molecule has 0 aliphatic heterocycles. The first-order chi connectivity index (χ1) is 19.2. The zero-order valence-corrected chi connectivity index (χ0v) is 21.4. The van der Waals surface area contributed by atoms with Gasteiger partial charge in [0.15, 0.2) is 0 Å². The molecule has 39 heavy (non-hydrogen) atoms. The van der Waals surface area contributed by atoms with Crippen LogP contribution in [-0.2, 0) is 0 Å². The molecule has 6 aromatic carbocycles. The van der Waals surface area contributed by atoms with E-state index in [9.17, 15) is 10.5 Å². The van der Waals surface area contributed by atoms with Gasteiger partial charge in [0, 0.05) is 0 Å². The molecule has 0 amide bonds. The SMILES string of the molecule is Cc1ccc2c3c(cccc13)-c1c-2c(-c2ccccc2)c2ccc(C=C(C#N)C#N)cc2c1-c1ccccc1. The first kappa shape index (κ1) is 22.7. The van der Waals surface area contributed by atoms with Gasteiger partial charge in [-0.15, -0.1) is 0 Å². The van der Waals surface area contributed by atoms with Gasteiger partial charge in [0.25, 0.3) is 0 Å². The Hall–Kier alpha value is -5.44. The van der Waals surface area contributed by atoms with E-state index in [0.717, 1.165) is 27.5 Å². The van der Waals surface area contributed by atoms with E-state index in [0.29, 0.717) is 0 Å². The Morgan fingerprint density at radius 3 is 1.82 bits per heavy atom. The number of rotatable bonds is 3. The van der Waals surface area contributed by atoms with Crippen LogP contribution in [0.5, 0.6) is 0 Å². The molecule has 6 aromatic rings. The van der Waals surface area contributed by atoms with Gasteiger partial charge >= 0.3 is 0 Å². The lowest BCUT2D eigenvalue weighted by molar-refractivity contribution is 1.47. The molecule has 2 heteroatoms. The summed E-state index contributed by atoms with van der Waals surface area (Å²) >= 11 is 0. The third kappa shape index (κ3) is 3.40. The molecular formula is C37H22N2. The molecule has 0 aromatic heterocycles. The number of hydrogen-bond acceptors (Lipinski definition) is 2. The minimum atomic E-state index is 0.0905. The fourth-order valence-electron chi connectivity index (χ4n) is 6.17. The van der Waals surface area contributed by atoms with Crippen molar-refractivity contribution in [2.45, 2.75) is 6.92 Å². The molecule has 0 N–H and O–H groups in total. The number of aryl methyl sites for hydroxylation is 1. The molecule has 0 atom stereocenters. The second-order valence-electron chi connectivity index (χ2n) is 9.98. The van der Waals surface area contributed by atoms with Crippen LogP contribution in [0.25, 0.3) is 72.1 Å². The maximum Gasteiger partial charge on any atom is 0.130 e. The van der Waals surface area contributed by atoms with Crippen LogP contribution in [0.4, 0.5) is 0 Å². The third-order valence-electron chi connectivity index (χ3n) is 7.81. The van der Waals surface area contributed by atoms with Gasteiger partial charge < -0.3 is 0 Å². The summed E-state index contributed by atoms with van der Waals surface area (Å²) < 4.78 is 0. The average Bonchev–Trinajstić information content (AvgIpc) is 3.32. The molecule has 1 aliphatic rings. The van der Waals surface area contributed by atoms with Crippen molar-refractivity contribution in [3.63, 3.8) is 0 Å². The van der Waals surface area contributed by atoms with Crippen LogP contribution in [0, 0.1) is 29.6 Å². The molecule has 0 spiro atoms. The van der Waals surface area contributed by atoms with Crippen LogP contribution in [0.3, 0.4) is 0 Å². The molecule has 0 radical (unpaired) electrons. The Labute approximate surface area is 227 Å². The minimum Gasteiger partial charge on any atom is -0.192 e. The van der Waals surface area contributed by atoms with Crippen LogP contribution in [0.15, 0.2) is 115 Å². The number of fused-ring (bicyclic) bond motifs is 4. The van der Waals surface area contributed by atoms with Gasteiger partial charge in [-0.2, -0.15) is 10.5 Å². The Morgan fingerprint density at radius 2 is 1.18 bits per heavy atom. The van der Waals surface area contributed by atoms with Crippen LogP contribution in [0.2, 0.25) is 0 Å². The number of nitriles is 2. The highest BCUT2D eigenvalue weighted by molar-refractivity contribution is 6.27. The summed E-state index contributed by atoms with van der Waals surface area (Å²) in [6, 6.07) is 42.6. The van der Waals surface area contributed by atoms with Crippen molar-refractivity contribution in [3.8, 4) is 56.6 Å². The molecule has 0 fully saturated rings. The average molecular weight is 495 g/mol. The van der Waals surface area contributed by atoms with E-state index in [1.165, 1.54) is 49.7 Å². The minimum absolute atomic E-state index is 0.0905. The standard InChI is InChI=1S/C37H22N2/c1-23-15-17-31-35-28(23)13-8-14-30(35)36-34(27-11-6-3-7-12-27)32-20-24(19-25(21-38)22-39)16-18-29(32)33(37(31)36)26-9-4-2-5-10-26/h2-20H,1H3. The van der Waals surface area contributed by atoms with E-state index in [-0.39, 0.29) is 5.57 Å². The van der Waals surface area contributed by atoms with Gasteiger partial charge in [0.1, 0.15) is 17.7 Å². The summed E-state index contributed by atoms with van der Waals surface area (Å²) in [5, 5.41) is 23.7. The summed E-state index contributed by atoms with van der Waals surface area (Å²) in [5.41, 5.74) is 11.9. The number of nitrogens with zero attached hydrogens (tertiary/aromatic N) is 2. The molecule has 0 heterocycles. The maximum absolute atomic E-state index is 9.42. The lowest BCUT2D eigenvalue weighted by atomic mass is 9.82. The van der Waals surface area contributed by atoms with E-state index >= 15 is 0 Å². The molecule has 0 saturated heterocycles. The zero-order chi connectivity index (χ0) is 26.5.